The number of rotatable bonds is 4. The summed E-state index contributed by atoms with van der Waals surface area (Å²) in [5, 5.41) is 2.64. The summed E-state index contributed by atoms with van der Waals surface area (Å²) >= 11 is 0.955. The summed E-state index contributed by atoms with van der Waals surface area (Å²) in [4.78, 5) is 12.6. The van der Waals surface area contributed by atoms with Crippen molar-refractivity contribution in [3.63, 3.8) is 0 Å². The molecule has 1 amide bonds. The summed E-state index contributed by atoms with van der Waals surface area (Å²) in [6.45, 7) is 1.05. The first-order valence-corrected chi connectivity index (χ1v) is 10.4. The van der Waals surface area contributed by atoms with Gasteiger partial charge in [-0.25, -0.2) is 12.8 Å². The summed E-state index contributed by atoms with van der Waals surface area (Å²) in [5.74, 6) is -0.797. The number of hydrogen-bond donors (Lipinski definition) is 1. The number of halogens is 1. The van der Waals surface area contributed by atoms with Gasteiger partial charge in [0.1, 0.15) is 10.0 Å². The van der Waals surface area contributed by atoms with Gasteiger partial charge in [-0.05, 0) is 49.2 Å². The molecule has 1 N–H and O–H groups in total. The largest absolute Gasteiger partial charge is 0.321 e. The zero-order chi connectivity index (χ0) is 17.9. The number of hydrogen-bond acceptors (Lipinski definition) is 4. The first-order valence-electron chi connectivity index (χ1n) is 8.14. The van der Waals surface area contributed by atoms with Crippen molar-refractivity contribution in [2.24, 2.45) is 0 Å². The molecule has 1 saturated heterocycles. The van der Waals surface area contributed by atoms with Crippen LogP contribution in [-0.4, -0.2) is 31.7 Å². The first-order chi connectivity index (χ1) is 12.0. The van der Waals surface area contributed by atoms with E-state index >= 15 is 0 Å². The zero-order valence-corrected chi connectivity index (χ0v) is 15.2. The van der Waals surface area contributed by atoms with Crippen LogP contribution >= 0.6 is 11.3 Å². The van der Waals surface area contributed by atoms with E-state index in [-0.39, 0.29) is 10.0 Å². The Balaban J connectivity index is 1.74. The number of nitrogens with zero attached hydrogens (tertiary/aromatic N) is 1. The highest BCUT2D eigenvalue weighted by Crippen LogP contribution is 2.27. The second-order valence-electron chi connectivity index (χ2n) is 5.90. The Kier molecular flexibility index (Phi) is 5.51. The minimum Gasteiger partial charge on any atom is -0.321 e. The SMILES string of the molecule is O=C(Nc1ccc(F)cc1)c1ccc(S(=O)(=O)N2CCCCCC2)s1. The molecule has 134 valence electrons. The van der Waals surface area contributed by atoms with Crippen molar-refractivity contribution in [3.8, 4) is 0 Å². The predicted octanol–water partition coefficient (Wildman–Crippen LogP) is 3.70. The number of carbonyl (C=O) groups is 1. The average Bonchev–Trinajstić information content (AvgIpc) is 2.93. The van der Waals surface area contributed by atoms with Crippen LogP contribution in [0.5, 0.6) is 0 Å². The molecular weight excluding hydrogens is 363 g/mol. The number of sulfonamides is 1. The molecule has 3 rings (SSSR count). The van der Waals surface area contributed by atoms with Gasteiger partial charge in [-0.1, -0.05) is 12.8 Å². The van der Waals surface area contributed by atoms with E-state index in [1.807, 2.05) is 0 Å². The highest BCUT2D eigenvalue weighted by Gasteiger charge is 2.27. The van der Waals surface area contributed by atoms with E-state index in [1.54, 1.807) is 0 Å². The number of anilines is 1. The average molecular weight is 382 g/mol. The minimum atomic E-state index is -3.55. The van der Waals surface area contributed by atoms with E-state index < -0.39 is 15.9 Å². The van der Waals surface area contributed by atoms with Gasteiger partial charge in [0.2, 0.25) is 0 Å². The van der Waals surface area contributed by atoms with E-state index in [9.17, 15) is 17.6 Å². The second-order valence-corrected chi connectivity index (χ2v) is 9.15. The van der Waals surface area contributed by atoms with Gasteiger partial charge < -0.3 is 5.32 Å². The molecule has 1 aromatic heterocycles. The third-order valence-corrected chi connectivity index (χ3v) is 7.52. The quantitative estimate of drug-likeness (QED) is 0.877. The maximum absolute atomic E-state index is 12.9. The summed E-state index contributed by atoms with van der Waals surface area (Å²) in [7, 11) is -3.55. The lowest BCUT2D eigenvalue weighted by Gasteiger charge is -2.18. The van der Waals surface area contributed by atoms with Crippen molar-refractivity contribution >= 4 is 33.0 Å². The second kappa shape index (κ2) is 7.63. The monoisotopic (exact) mass is 382 g/mol. The Morgan fingerprint density at radius 3 is 2.28 bits per heavy atom. The standard InChI is InChI=1S/C17H19FN2O3S2/c18-13-5-7-14(8-6-13)19-17(21)15-9-10-16(24-15)25(22,23)20-11-3-1-2-4-12-20/h5-10H,1-4,11-12H2,(H,19,21). The van der Waals surface area contributed by atoms with Gasteiger partial charge >= 0.3 is 0 Å². The molecule has 5 nitrogen and oxygen atoms in total. The third-order valence-electron chi connectivity index (χ3n) is 4.07. The van der Waals surface area contributed by atoms with Crippen molar-refractivity contribution in [1.29, 1.82) is 0 Å². The fourth-order valence-corrected chi connectivity index (χ4v) is 5.59. The maximum atomic E-state index is 12.9. The van der Waals surface area contributed by atoms with Gasteiger partial charge in [0.15, 0.2) is 0 Å². The molecule has 0 spiro atoms. The van der Waals surface area contributed by atoms with E-state index in [2.05, 4.69) is 5.32 Å². The third kappa shape index (κ3) is 4.26. The molecule has 8 heteroatoms. The van der Waals surface area contributed by atoms with Crippen molar-refractivity contribution in [3.05, 3.63) is 47.1 Å². The maximum Gasteiger partial charge on any atom is 0.265 e. The Morgan fingerprint density at radius 1 is 1.00 bits per heavy atom. The summed E-state index contributed by atoms with van der Waals surface area (Å²) in [6, 6.07) is 8.39. The summed E-state index contributed by atoms with van der Waals surface area (Å²) in [5.41, 5.74) is 0.455. The van der Waals surface area contributed by atoms with Gasteiger partial charge in [-0.3, -0.25) is 4.79 Å². The Hall–Kier alpha value is -1.77. The minimum absolute atomic E-state index is 0.179. The summed E-state index contributed by atoms with van der Waals surface area (Å²) < 4.78 is 40.1. The van der Waals surface area contributed by atoms with Crippen molar-refractivity contribution < 1.29 is 17.6 Å². The van der Waals surface area contributed by atoms with Gasteiger partial charge in [0.05, 0.1) is 4.88 Å². The van der Waals surface area contributed by atoms with Crippen LogP contribution in [0.2, 0.25) is 0 Å². The molecule has 0 radical (unpaired) electrons. The van der Waals surface area contributed by atoms with Gasteiger partial charge in [0, 0.05) is 18.8 Å². The molecule has 1 aliphatic rings. The van der Waals surface area contributed by atoms with Gasteiger partial charge in [0.25, 0.3) is 15.9 Å². The van der Waals surface area contributed by atoms with Crippen LogP contribution in [0, 0.1) is 5.82 Å². The first kappa shape index (κ1) is 18.0. The molecule has 1 aliphatic heterocycles. The van der Waals surface area contributed by atoms with Gasteiger partial charge in [-0.2, -0.15) is 4.31 Å². The fourth-order valence-electron chi connectivity index (χ4n) is 2.72. The van der Waals surface area contributed by atoms with E-state index in [1.165, 1.54) is 40.7 Å². The number of nitrogens with one attached hydrogen (secondary N) is 1. The molecule has 0 saturated carbocycles. The van der Waals surface area contributed by atoms with E-state index in [0.29, 0.717) is 23.7 Å². The topological polar surface area (TPSA) is 66.5 Å². The smallest absolute Gasteiger partial charge is 0.265 e. The van der Waals surface area contributed by atoms with E-state index in [4.69, 9.17) is 0 Å². The lowest BCUT2D eigenvalue weighted by molar-refractivity contribution is 0.103. The molecule has 1 fully saturated rings. The number of amides is 1. The summed E-state index contributed by atoms with van der Waals surface area (Å²) in [6.07, 6.45) is 3.81. The van der Waals surface area contributed by atoms with Crippen LogP contribution in [0.15, 0.2) is 40.6 Å². The molecule has 25 heavy (non-hydrogen) atoms. The normalized spacial score (nSPS) is 16.4. The fraction of sp³-hybridized carbons (Fsp3) is 0.353. The molecular formula is C17H19FN2O3S2. The molecule has 0 unspecified atom stereocenters. The Morgan fingerprint density at radius 2 is 1.64 bits per heavy atom. The predicted molar refractivity (Wildman–Crippen MR) is 95.9 cm³/mol. The molecule has 0 bridgehead atoms. The number of benzene rings is 1. The van der Waals surface area contributed by atoms with Crippen LogP contribution in [0.1, 0.15) is 35.4 Å². The van der Waals surface area contributed by atoms with Crippen LogP contribution in [0.4, 0.5) is 10.1 Å². The molecule has 0 atom stereocenters. The van der Waals surface area contributed by atoms with Crippen molar-refractivity contribution in [2.75, 3.05) is 18.4 Å². The highest BCUT2D eigenvalue weighted by molar-refractivity contribution is 7.91. The van der Waals surface area contributed by atoms with E-state index in [0.717, 1.165) is 37.0 Å². The van der Waals surface area contributed by atoms with Crippen LogP contribution in [0.3, 0.4) is 0 Å². The van der Waals surface area contributed by atoms with Crippen LogP contribution < -0.4 is 5.32 Å². The number of thiophene rings is 1. The highest BCUT2D eigenvalue weighted by atomic mass is 32.2. The lowest BCUT2D eigenvalue weighted by atomic mass is 10.2. The number of carbonyl (C=O) groups excluding carboxylic acids is 1. The lowest BCUT2D eigenvalue weighted by Crippen LogP contribution is -2.31. The van der Waals surface area contributed by atoms with Crippen molar-refractivity contribution in [1.82, 2.24) is 4.31 Å². The van der Waals surface area contributed by atoms with Gasteiger partial charge in [-0.15, -0.1) is 11.3 Å². The molecule has 0 aliphatic carbocycles. The van der Waals surface area contributed by atoms with Crippen LogP contribution in [0.25, 0.3) is 0 Å². The molecule has 1 aromatic carbocycles. The molecule has 2 heterocycles. The zero-order valence-electron chi connectivity index (χ0n) is 13.6. The Labute approximate surface area is 150 Å². The molecule has 2 aromatic rings. The Bertz CT molecular complexity index is 839. The van der Waals surface area contributed by atoms with Crippen LogP contribution in [-0.2, 0) is 10.0 Å². The van der Waals surface area contributed by atoms with Crippen molar-refractivity contribution in [2.45, 2.75) is 29.9 Å².